The van der Waals surface area contributed by atoms with Crippen molar-refractivity contribution >= 4 is 5.91 Å². The Balaban J connectivity index is 1.70. The van der Waals surface area contributed by atoms with Crippen LogP contribution in [0, 0.1) is 5.92 Å². The lowest BCUT2D eigenvalue weighted by molar-refractivity contribution is -0.141. The van der Waals surface area contributed by atoms with Gasteiger partial charge in [0.1, 0.15) is 0 Å². The molecule has 0 unspecified atom stereocenters. The Morgan fingerprint density at radius 1 is 1.04 bits per heavy atom. The fourth-order valence-corrected chi connectivity index (χ4v) is 3.83. The van der Waals surface area contributed by atoms with Crippen molar-refractivity contribution in [2.24, 2.45) is 5.92 Å². The number of methoxy groups -OCH3 is 1. The molecule has 1 aliphatic rings. The number of carbonyl (C=O) groups is 1. The van der Waals surface area contributed by atoms with Crippen LogP contribution in [0.15, 0.2) is 60.7 Å². The molecule has 1 N–H and O–H groups in total. The summed E-state index contributed by atoms with van der Waals surface area (Å²) in [5.74, 6) is 0.0848. The largest absolute Gasteiger partial charge is 0.390 e. The summed E-state index contributed by atoms with van der Waals surface area (Å²) in [6, 6.07) is 20.4. The van der Waals surface area contributed by atoms with Crippen molar-refractivity contribution in [2.45, 2.75) is 44.4 Å². The van der Waals surface area contributed by atoms with Gasteiger partial charge in [0.25, 0.3) is 0 Å². The number of carbonyl (C=O) groups excluding carboxylic acids is 1. The molecular formula is C23H29NO3. The zero-order valence-electron chi connectivity index (χ0n) is 16.0. The molecule has 0 bridgehead atoms. The van der Waals surface area contributed by atoms with Crippen LogP contribution >= 0.6 is 0 Å². The Morgan fingerprint density at radius 3 is 2.30 bits per heavy atom. The summed E-state index contributed by atoms with van der Waals surface area (Å²) in [6.07, 6.45) is 2.05. The second-order valence-corrected chi connectivity index (χ2v) is 7.33. The summed E-state index contributed by atoms with van der Waals surface area (Å²) in [4.78, 5) is 15.3. The Labute approximate surface area is 161 Å². The molecule has 0 spiro atoms. The lowest BCUT2D eigenvalue weighted by Gasteiger charge is -2.35. The van der Waals surface area contributed by atoms with Crippen LogP contribution in [-0.2, 0) is 22.5 Å². The SMILES string of the molecule is CO[C@@H]1C[C@H](C(=O)N(CCc2ccccc2)Cc2ccccc2)CC[C@@H]1O. The first-order chi connectivity index (χ1) is 13.2. The summed E-state index contributed by atoms with van der Waals surface area (Å²) in [7, 11) is 1.61. The number of rotatable bonds is 7. The van der Waals surface area contributed by atoms with Crippen molar-refractivity contribution in [3.05, 3.63) is 71.8 Å². The number of ether oxygens (including phenoxy) is 1. The van der Waals surface area contributed by atoms with Crippen molar-refractivity contribution in [1.82, 2.24) is 4.90 Å². The monoisotopic (exact) mass is 367 g/mol. The van der Waals surface area contributed by atoms with E-state index in [-0.39, 0.29) is 17.9 Å². The Morgan fingerprint density at radius 2 is 1.67 bits per heavy atom. The molecule has 0 heterocycles. The van der Waals surface area contributed by atoms with E-state index >= 15 is 0 Å². The minimum atomic E-state index is -0.467. The minimum absolute atomic E-state index is 0.0853. The number of nitrogens with zero attached hydrogens (tertiary/aromatic N) is 1. The third-order valence-corrected chi connectivity index (χ3v) is 5.45. The number of amides is 1. The van der Waals surface area contributed by atoms with E-state index in [0.29, 0.717) is 25.9 Å². The van der Waals surface area contributed by atoms with Gasteiger partial charge in [-0.3, -0.25) is 4.79 Å². The van der Waals surface area contributed by atoms with Gasteiger partial charge in [0.15, 0.2) is 0 Å². The van der Waals surface area contributed by atoms with Crippen LogP contribution < -0.4 is 0 Å². The molecular weight excluding hydrogens is 338 g/mol. The van der Waals surface area contributed by atoms with Crippen LogP contribution in [-0.4, -0.2) is 41.8 Å². The van der Waals surface area contributed by atoms with E-state index in [4.69, 9.17) is 4.74 Å². The van der Waals surface area contributed by atoms with Crippen molar-refractivity contribution < 1.29 is 14.6 Å². The van der Waals surface area contributed by atoms with Gasteiger partial charge in [-0.05, 0) is 36.8 Å². The average Bonchev–Trinajstić information content (AvgIpc) is 2.72. The predicted octanol–water partition coefficient (Wildman–Crippen LogP) is 3.43. The van der Waals surface area contributed by atoms with E-state index in [1.54, 1.807) is 7.11 Å². The topological polar surface area (TPSA) is 49.8 Å². The third-order valence-electron chi connectivity index (χ3n) is 5.45. The maximum absolute atomic E-state index is 13.3. The highest BCUT2D eigenvalue weighted by Gasteiger charge is 2.34. The zero-order chi connectivity index (χ0) is 19.1. The number of hydrogen-bond acceptors (Lipinski definition) is 3. The minimum Gasteiger partial charge on any atom is -0.390 e. The lowest BCUT2D eigenvalue weighted by atomic mass is 9.84. The number of aliphatic hydroxyl groups excluding tert-OH is 1. The van der Waals surface area contributed by atoms with Crippen LogP contribution in [0.1, 0.15) is 30.4 Å². The van der Waals surface area contributed by atoms with Crippen LogP contribution in [0.25, 0.3) is 0 Å². The maximum Gasteiger partial charge on any atom is 0.226 e. The Bertz CT molecular complexity index is 704. The summed E-state index contributed by atoms with van der Waals surface area (Å²) < 4.78 is 5.39. The van der Waals surface area contributed by atoms with Gasteiger partial charge in [-0.2, -0.15) is 0 Å². The fourth-order valence-electron chi connectivity index (χ4n) is 3.83. The maximum atomic E-state index is 13.3. The van der Waals surface area contributed by atoms with Gasteiger partial charge in [-0.1, -0.05) is 60.7 Å². The van der Waals surface area contributed by atoms with Gasteiger partial charge in [0.2, 0.25) is 5.91 Å². The molecule has 3 atom stereocenters. The van der Waals surface area contributed by atoms with Crippen LogP contribution in [0.5, 0.6) is 0 Å². The zero-order valence-corrected chi connectivity index (χ0v) is 16.0. The highest BCUT2D eigenvalue weighted by molar-refractivity contribution is 5.79. The van der Waals surface area contributed by atoms with E-state index < -0.39 is 6.10 Å². The molecule has 0 radical (unpaired) electrons. The van der Waals surface area contributed by atoms with E-state index in [1.165, 1.54) is 5.56 Å². The molecule has 4 heteroatoms. The normalized spacial score (nSPS) is 22.4. The average molecular weight is 367 g/mol. The molecule has 1 aliphatic carbocycles. The first-order valence-corrected chi connectivity index (χ1v) is 9.75. The van der Waals surface area contributed by atoms with E-state index in [9.17, 15) is 9.90 Å². The van der Waals surface area contributed by atoms with Gasteiger partial charge < -0.3 is 14.7 Å². The number of benzene rings is 2. The van der Waals surface area contributed by atoms with Crippen LogP contribution in [0.2, 0.25) is 0 Å². The predicted molar refractivity (Wildman–Crippen MR) is 106 cm³/mol. The van der Waals surface area contributed by atoms with Crippen molar-refractivity contribution in [2.75, 3.05) is 13.7 Å². The second kappa shape index (κ2) is 9.67. The van der Waals surface area contributed by atoms with Gasteiger partial charge in [0.05, 0.1) is 12.2 Å². The van der Waals surface area contributed by atoms with E-state index in [1.807, 2.05) is 41.3 Å². The van der Waals surface area contributed by atoms with Crippen molar-refractivity contribution in [1.29, 1.82) is 0 Å². The molecule has 1 saturated carbocycles. The summed E-state index contributed by atoms with van der Waals surface area (Å²) >= 11 is 0. The molecule has 27 heavy (non-hydrogen) atoms. The smallest absolute Gasteiger partial charge is 0.226 e. The highest BCUT2D eigenvalue weighted by atomic mass is 16.5. The molecule has 4 nitrogen and oxygen atoms in total. The molecule has 0 aliphatic heterocycles. The van der Waals surface area contributed by atoms with Crippen molar-refractivity contribution in [3.63, 3.8) is 0 Å². The van der Waals surface area contributed by atoms with Crippen LogP contribution in [0.4, 0.5) is 0 Å². The first kappa shape index (κ1) is 19.6. The standard InChI is InChI=1S/C23H29NO3/c1-27-22-16-20(12-13-21(22)25)23(26)24(17-19-10-6-3-7-11-19)15-14-18-8-4-2-5-9-18/h2-11,20-22,25H,12-17H2,1H3/t20-,21+,22-/m1/s1. The molecule has 144 valence electrons. The first-order valence-electron chi connectivity index (χ1n) is 9.75. The summed E-state index contributed by atoms with van der Waals surface area (Å²) in [5.41, 5.74) is 2.37. The molecule has 1 fully saturated rings. The van der Waals surface area contributed by atoms with Crippen LogP contribution in [0.3, 0.4) is 0 Å². The molecule has 1 amide bonds. The molecule has 3 rings (SSSR count). The Kier molecular flexibility index (Phi) is 7.02. The second-order valence-electron chi connectivity index (χ2n) is 7.33. The summed E-state index contributed by atoms with van der Waals surface area (Å²) in [6.45, 7) is 1.30. The lowest BCUT2D eigenvalue weighted by Crippen LogP contribution is -2.43. The Hall–Kier alpha value is -2.17. The van der Waals surface area contributed by atoms with Gasteiger partial charge in [0, 0.05) is 26.1 Å². The molecule has 0 saturated heterocycles. The third kappa shape index (κ3) is 5.41. The van der Waals surface area contributed by atoms with E-state index in [2.05, 4.69) is 24.3 Å². The molecule has 2 aromatic carbocycles. The number of aliphatic hydroxyl groups is 1. The summed E-state index contributed by atoms with van der Waals surface area (Å²) in [5, 5.41) is 10.0. The quantitative estimate of drug-likeness (QED) is 0.816. The van der Waals surface area contributed by atoms with Gasteiger partial charge in [-0.15, -0.1) is 0 Å². The van der Waals surface area contributed by atoms with Gasteiger partial charge >= 0.3 is 0 Å². The fraction of sp³-hybridized carbons (Fsp3) is 0.435. The highest BCUT2D eigenvalue weighted by Crippen LogP contribution is 2.28. The van der Waals surface area contributed by atoms with E-state index in [0.717, 1.165) is 18.4 Å². The molecule has 0 aromatic heterocycles. The number of hydrogen-bond donors (Lipinski definition) is 1. The van der Waals surface area contributed by atoms with Gasteiger partial charge in [-0.25, -0.2) is 0 Å². The molecule has 2 aromatic rings. The van der Waals surface area contributed by atoms with Crippen molar-refractivity contribution in [3.8, 4) is 0 Å².